The van der Waals surface area contributed by atoms with Gasteiger partial charge in [-0.05, 0) is 50.5 Å². The van der Waals surface area contributed by atoms with Crippen LogP contribution >= 0.6 is 0 Å². The Morgan fingerprint density at radius 1 is 1.00 bits per heavy atom. The standard InChI is InChI=1S/C16H30N2/c1-2-13-9-15(17-10-14-7-8-14)12-18(11-13)16-5-3-4-6-16/h13-17H,2-12H2,1H3. The summed E-state index contributed by atoms with van der Waals surface area (Å²) in [6.07, 6.45) is 11.6. The second-order valence-electron chi connectivity index (χ2n) is 6.95. The molecule has 2 nitrogen and oxygen atoms in total. The molecular weight excluding hydrogens is 220 g/mol. The number of hydrogen-bond acceptors (Lipinski definition) is 2. The summed E-state index contributed by atoms with van der Waals surface area (Å²) in [7, 11) is 0. The van der Waals surface area contributed by atoms with Crippen molar-refractivity contribution in [2.24, 2.45) is 11.8 Å². The molecule has 2 aliphatic carbocycles. The minimum Gasteiger partial charge on any atom is -0.312 e. The molecule has 2 unspecified atom stereocenters. The predicted octanol–water partition coefficient (Wildman–Crippen LogP) is 3.03. The zero-order chi connectivity index (χ0) is 12.4. The summed E-state index contributed by atoms with van der Waals surface area (Å²) in [5.74, 6) is 1.96. The fourth-order valence-electron chi connectivity index (χ4n) is 3.91. The molecule has 1 heterocycles. The molecule has 0 aromatic rings. The maximum atomic E-state index is 3.86. The SMILES string of the molecule is CCC1CC(NCC2CC2)CN(C2CCCC2)C1. The number of likely N-dealkylation sites (tertiary alicyclic amines) is 1. The first kappa shape index (κ1) is 12.9. The summed E-state index contributed by atoms with van der Waals surface area (Å²) in [5, 5.41) is 3.86. The minimum atomic E-state index is 0.782. The molecule has 0 spiro atoms. The van der Waals surface area contributed by atoms with Crippen molar-refractivity contribution in [1.29, 1.82) is 0 Å². The van der Waals surface area contributed by atoms with Crippen molar-refractivity contribution < 1.29 is 0 Å². The molecule has 104 valence electrons. The van der Waals surface area contributed by atoms with E-state index in [1.54, 1.807) is 0 Å². The Morgan fingerprint density at radius 3 is 2.44 bits per heavy atom. The van der Waals surface area contributed by atoms with Crippen LogP contribution < -0.4 is 5.32 Å². The molecule has 3 rings (SSSR count). The number of hydrogen-bond donors (Lipinski definition) is 1. The first-order valence-corrected chi connectivity index (χ1v) is 8.32. The van der Waals surface area contributed by atoms with Gasteiger partial charge in [-0.2, -0.15) is 0 Å². The zero-order valence-electron chi connectivity index (χ0n) is 12.0. The van der Waals surface area contributed by atoms with Crippen LogP contribution in [0.15, 0.2) is 0 Å². The fraction of sp³-hybridized carbons (Fsp3) is 1.00. The molecular formula is C16H30N2. The average Bonchev–Trinajstić information content (AvgIpc) is 3.07. The Kier molecular flexibility index (Phi) is 4.25. The highest BCUT2D eigenvalue weighted by Gasteiger charge is 2.32. The van der Waals surface area contributed by atoms with Gasteiger partial charge in [0.2, 0.25) is 0 Å². The Bertz CT molecular complexity index is 256. The molecule has 0 radical (unpaired) electrons. The van der Waals surface area contributed by atoms with Gasteiger partial charge in [0.25, 0.3) is 0 Å². The highest BCUT2D eigenvalue weighted by molar-refractivity contribution is 4.89. The summed E-state index contributed by atoms with van der Waals surface area (Å²) in [4.78, 5) is 2.83. The summed E-state index contributed by atoms with van der Waals surface area (Å²) < 4.78 is 0. The molecule has 0 aromatic heterocycles. The normalized spacial score (nSPS) is 35.2. The third kappa shape index (κ3) is 3.27. The lowest BCUT2D eigenvalue weighted by molar-refractivity contribution is 0.0970. The van der Waals surface area contributed by atoms with E-state index in [2.05, 4.69) is 17.1 Å². The van der Waals surface area contributed by atoms with Gasteiger partial charge in [0, 0.05) is 25.2 Å². The van der Waals surface area contributed by atoms with Crippen LogP contribution in [0.3, 0.4) is 0 Å². The lowest BCUT2D eigenvalue weighted by Gasteiger charge is -2.41. The molecule has 2 heteroatoms. The van der Waals surface area contributed by atoms with Gasteiger partial charge in [0.1, 0.15) is 0 Å². The third-order valence-electron chi connectivity index (χ3n) is 5.38. The van der Waals surface area contributed by atoms with E-state index in [-0.39, 0.29) is 0 Å². The van der Waals surface area contributed by atoms with Crippen molar-refractivity contribution in [3.05, 3.63) is 0 Å². The Hall–Kier alpha value is -0.0800. The summed E-state index contributed by atoms with van der Waals surface area (Å²) >= 11 is 0. The van der Waals surface area contributed by atoms with Crippen LogP contribution in [0, 0.1) is 11.8 Å². The van der Waals surface area contributed by atoms with E-state index in [0.29, 0.717) is 0 Å². The fourth-order valence-corrected chi connectivity index (χ4v) is 3.91. The first-order valence-electron chi connectivity index (χ1n) is 8.32. The van der Waals surface area contributed by atoms with Gasteiger partial charge in [-0.1, -0.05) is 26.2 Å². The molecule has 3 fully saturated rings. The molecule has 0 amide bonds. The van der Waals surface area contributed by atoms with Gasteiger partial charge in [0.15, 0.2) is 0 Å². The molecule has 18 heavy (non-hydrogen) atoms. The topological polar surface area (TPSA) is 15.3 Å². The predicted molar refractivity (Wildman–Crippen MR) is 76.7 cm³/mol. The smallest absolute Gasteiger partial charge is 0.0198 e. The summed E-state index contributed by atoms with van der Waals surface area (Å²) in [6, 6.07) is 1.70. The molecule has 1 saturated heterocycles. The quantitative estimate of drug-likeness (QED) is 0.807. The van der Waals surface area contributed by atoms with E-state index >= 15 is 0 Å². The maximum Gasteiger partial charge on any atom is 0.0198 e. The summed E-state index contributed by atoms with van der Waals surface area (Å²) in [6.45, 7) is 6.37. The zero-order valence-corrected chi connectivity index (χ0v) is 12.0. The highest BCUT2D eigenvalue weighted by Crippen LogP contribution is 2.31. The largest absolute Gasteiger partial charge is 0.312 e. The van der Waals surface area contributed by atoms with Crippen molar-refractivity contribution in [1.82, 2.24) is 10.2 Å². The maximum absolute atomic E-state index is 3.86. The lowest BCUT2D eigenvalue weighted by atomic mass is 9.90. The van der Waals surface area contributed by atoms with E-state index in [4.69, 9.17) is 0 Å². The lowest BCUT2D eigenvalue weighted by Crippen LogP contribution is -2.52. The van der Waals surface area contributed by atoms with Crippen LogP contribution in [-0.2, 0) is 0 Å². The van der Waals surface area contributed by atoms with Gasteiger partial charge in [-0.15, -0.1) is 0 Å². The second kappa shape index (κ2) is 5.92. The van der Waals surface area contributed by atoms with Crippen LogP contribution in [0.25, 0.3) is 0 Å². The first-order chi connectivity index (χ1) is 8.85. The monoisotopic (exact) mass is 250 g/mol. The molecule has 0 bridgehead atoms. The number of nitrogens with one attached hydrogen (secondary N) is 1. The minimum absolute atomic E-state index is 0.782. The second-order valence-corrected chi connectivity index (χ2v) is 6.95. The van der Waals surface area contributed by atoms with Crippen molar-refractivity contribution in [2.75, 3.05) is 19.6 Å². The van der Waals surface area contributed by atoms with Crippen LogP contribution in [0.2, 0.25) is 0 Å². The van der Waals surface area contributed by atoms with E-state index < -0.39 is 0 Å². The van der Waals surface area contributed by atoms with Gasteiger partial charge >= 0.3 is 0 Å². The molecule has 0 aromatic carbocycles. The number of nitrogens with zero attached hydrogens (tertiary/aromatic N) is 1. The Morgan fingerprint density at radius 2 is 1.78 bits per heavy atom. The van der Waals surface area contributed by atoms with Gasteiger partial charge in [0.05, 0.1) is 0 Å². The van der Waals surface area contributed by atoms with Crippen LogP contribution in [0.5, 0.6) is 0 Å². The van der Waals surface area contributed by atoms with Crippen LogP contribution in [0.4, 0.5) is 0 Å². The van der Waals surface area contributed by atoms with Gasteiger partial charge in [-0.3, -0.25) is 4.90 Å². The number of piperidine rings is 1. The molecule has 3 aliphatic rings. The van der Waals surface area contributed by atoms with E-state index in [9.17, 15) is 0 Å². The van der Waals surface area contributed by atoms with Crippen molar-refractivity contribution in [2.45, 2.75) is 70.4 Å². The molecule has 2 saturated carbocycles. The van der Waals surface area contributed by atoms with Crippen LogP contribution in [-0.4, -0.2) is 36.6 Å². The van der Waals surface area contributed by atoms with Gasteiger partial charge < -0.3 is 5.32 Å². The molecule has 1 aliphatic heterocycles. The van der Waals surface area contributed by atoms with Crippen molar-refractivity contribution >= 4 is 0 Å². The van der Waals surface area contributed by atoms with E-state index in [1.807, 2.05) is 0 Å². The average molecular weight is 250 g/mol. The number of rotatable bonds is 5. The van der Waals surface area contributed by atoms with Gasteiger partial charge in [-0.25, -0.2) is 0 Å². The van der Waals surface area contributed by atoms with E-state index in [1.165, 1.54) is 71.0 Å². The van der Waals surface area contributed by atoms with Crippen molar-refractivity contribution in [3.63, 3.8) is 0 Å². The van der Waals surface area contributed by atoms with Crippen molar-refractivity contribution in [3.8, 4) is 0 Å². The van der Waals surface area contributed by atoms with Crippen LogP contribution in [0.1, 0.15) is 58.3 Å². The third-order valence-corrected chi connectivity index (χ3v) is 5.38. The molecule has 2 atom stereocenters. The summed E-state index contributed by atoms with van der Waals surface area (Å²) in [5.41, 5.74) is 0. The highest BCUT2D eigenvalue weighted by atomic mass is 15.2. The Labute approximate surface area is 113 Å². The van der Waals surface area contributed by atoms with E-state index in [0.717, 1.165) is 23.9 Å². The molecule has 1 N–H and O–H groups in total. The Balaban J connectivity index is 1.52.